The van der Waals surface area contributed by atoms with Crippen molar-refractivity contribution >= 4 is 22.4 Å². The van der Waals surface area contributed by atoms with Crippen LogP contribution in [-0.4, -0.2) is 35.1 Å². The fourth-order valence-corrected chi connectivity index (χ4v) is 4.96. The van der Waals surface area contributed by atoms with Gasteiger partial charge in [0.25, 0.3) is 0 Å². The Labute approximate surface area is 172 Å². The van der Waals surface area contributed by atoms with E-state index in [-0.39, 0.29) is 22.1 Å². The Bertz CT molecular complexity index is 459. The van der Waals surface area contributed by atoms with E-state index in [9.17, 15) is 4.79 Å². The van der Waals surface area contributed by atoms with Crippen LogP contribution < -0.4 is 0 Å². The van der Waals surface area contributed by atoms with E-state index in [1.807, 2.05) is 6.92 Å². The van der Waals surface area contributed by atoms with Crippen molar-refractivity contribution < 1.29 is 13.6 Å². The van der Waals surface area contributed by atoms with Crippen LogP contribution in [0, 0.1) is 5.92 Å². The molecule has 0 saturated carbocycles. The lowest BCUT2D eigenvalue weighted by molar-refractivity contribution is -0.121. The molecule has 0 aliphatic carbocycles. The van der Waals surface area contributed by atoms with Crippen LogP contribution in [0.1, 0.15) is 81.1 Å². The van der Waals surface area contributed by atoms with E-state index in [4.69, 9.17) is 8.85 Å². The lowest BCUT2D eigenvalue weighted by Gasteiger charge is -2.43. The molecule has 5 heteroatoms. The predicted octanol–water partition coefficient (Wildman–Crippen LogP) is 7.18. The molecule has 0 heterocycles. The highest BCUT2D eigenvalue weighted by molar-refractivity contribution is 6.74. The zero-order valence-corrected chi connectivity index (χ0v) is 22.4. The van der Waals surface area contributed by atoms with Crippen molar-refractivity contribution in [1.29, 1.82) is 0 Å². The largest absolute Gasteiger partial charge is 0.416 e. The molecule has 0 N–H and O–H groups in total. The number of carbonyl (C=O) groups excluding carboxylic acids is 1. The minimum absolute atomic E-state index is 0.0249. The van der Waals surface area contributed by atoms with Crippen LogP contribution in [0.2, 0.25) is 36.3 Å². The Morgan fingerprint density at radius 1 is 0.889 bits per heavy atom. The van der Waals surface area contributed by atoms with Gasteiger partial charge >= 0.3 is 0 Å². The third-order valence-corrected chi connectivity index (χ3v) is 15.7. The third kappa shape index (κ3) is 8.50. The number of carbonyl (C=O) groups is 1. The molecule has 0 fully saturated rings. The molecule has 162 valence electrons. The zero-order valence-electron chi connectivity index (χ0n) is 20.4. The van der Waals surface area contributed by atoms with Gasteiger partial charge in [0.05, 0.1) is 6.10 Å². The minimum Gasteiger partial charge on any atom is -0.416 e. The predicted molar refractivity (Wildman–Crippen MR) is 124 cm³/mol. The SMILES string of the molecule is CCC[C@@H](CO[Si](C)(C)C(C)(C)C)[C@@H](CC(=O)CC)O[Si](C)(C)C(C)(C)C. The molecule has 0 unspecified atom stereocenters. The average Bonchev–Trinajstić information content (AvgIpc) is 2.48. The van der Waals surface area contributed by atoms with Crippen LogP contribution in [0.3, 0.4) is 0 Å². The fourth-order valence-electron chi connectivity index (χ4n) is 2.51. The highest BCUT2D eigenvalue weighted by atomic mass is 28.4. The van der Waals surface area contributed by atoms with Crippen molar-refractivity contribution in [1.82, 2.24) is 0 Å². The van der Waals surface area contributed by atoms with E-state index < -0.39 is 16.6 Å². The summed E-state index contributed by atoms with van der Waals surface area (Å²) in [6.45, 7) is 27.7. The first kappa shape index (κ1) is 27.0. The van der Waals surface area contributed by atoms with Crippen molar-refractivity contribution in [3.05, 3.63) is 0 Å². The Morgan fingerprint density at radius 3 is 1.74 bits per heavy atom. The Balaban J connectivity index is 5.54. The van der Waals surface area contributed by atoms with E-state index in [0.717, 1.165) is 12.8 Å². The molecule has 0 saturated heterocycles. The summed E-state index contributed by atoms with van der Waals surface area (Å²) in [5.41, 5.74) is 0. The Hall–Kier alpha value is 0.0238. The number of hydrogen-bond acceptors (Lipinski definition) is 3. The summed E-state index contributed by atoms with van der Waals surface area (Å²) in [6.07, 6.45) is 3.21. The van der Waals surface area contributed by atoms with Crippen LogP contribution in [0.25, 0.3) is 0 Å². The van der Waals surface area contributed by atoms with Crippen LogP contribution >= 0.6 is 0 Å². The molecule has 0 aromatic heterocycles. The first-order chi connectivity index (χ1) is 12.0. The van der Waals surface area contributed by atoms with Crippen molar-refractivity contribution in [2.24, 2.45) is 5.92 Å². The molecule has 0 aromatic rings. The Kier molecular flexibility index (Phi) is 10.2. The van der Waals surface area contributed by atoms with Gasteiger partial charge in [-0.25, -0.2) is 0 Å². The summed E-state index contributed by atoms with van der Waals surface area (Å²) >= 11 is 0. The van der Waals surface area contributed by atoms with Gasteiger partial charge in [0.2, 0.25) is 0 Å². The van der Waals surface area contributed by atoms with Gasteiger partial charge in [-0.05, 0) is 42.7 Å². The second-order valence-corrected chi connectivity index (χ2v) is 20.7. The number of ketones is 1. The molecule has 0 radical (unpaired) electrons. The van der Waals surface area contributed by atoms with Crippen molar-refractivity contribution in [3.63, 3.8) is 0 Å². The third-order valence-electron chi connectivity index (χ3n) is 6.73. The monoisotopic (exact) mass is 416 g/mol. The first-order valence-corrected chi connectivity index (χ1v) is 16.6. The quantitative estimate of drug-likeness (QED) is 0.334. The van der Waals surface area contributed by atoms with Gasteiger partial charge in [-0.3, -0.25) is 4.79 Å². The van der Waals surface area contributed by atoms with Gasteiger partial charge < -0.3 is 8.85 Å². The molecule has 0 aliphatic rings. The molecule has 0 aliphatic heterocycles. The van der Waals surface area contributed by atoms with Gasteiger partial charge in [0.1, 0.15) is 5.78 Å². The normalized spacial score (nSPS) is 16.3. The minimum atomic E-state index is -1.95. The fraction of sp³-hybridized carbons (Fsp3) is 0.955. The number of hydrogen-bond donors (Lipinski definition) is 0. The van der Waals surface area contributed by atoms with Gasteiger partial charge in [-0.15, -0.1) is 0 Å². The van der Waals surface area contributed by atoms with Crippen LogP contribution in [0.5, 0.6) is 0 Å². The summed E-state index contributed by atoms with van der Waals surface area (Å²) in [5, 5.41) is 0.330. The van der Waals surface area contributed by atoms with Gasteiger partial charge in [-0.2, -0.15) is 0 Å². The highest BCUT2D eigenvalue weighted by Gasteiger charge is 2.42. The maximum atomic E-state index is 12.3. The Morgan fingerprint density at radius 2 is 1.37 bits per heavy atom. The highest BCUT2D eigenvalue weighted by Crippen LogP contribution is 2.40. The van der Waals surface area contributed by atoms with E-state index in [2.05, 4.69) is 74.7 Å². The number of Topliss-reactive ketones (excluding diaryl/α,β-unsaturated/α-hetero) is 1. The summed E-state index contributed by atoms with van der Waals surface area (Å²) in [4.78, 5) is 12.3. The molecule has 0 amide bonds. The topological polar surface area (TPSA) is 35.5 Å². The molecule has 0 aromatic carbocycles. The van der Waals surface area contributed by atoms with Gasteiger partial charge in [0, 0.05) is 25.4 Å². The van der Waals surface area contributed by atoms with Crippen LogP contribution in [0.15, 0.2) is 0 Å². The molecular weight excluding hydrogens is 368 g/mol. The standard InChI is InChI=1S/C22H48O3Si2/c1-13-15-18(17-24-26(9,10)21(3,4)5)20(16-19(23)14-2)25-27(11,12)22(6,7)8/h18,20H,13-17H2,1-12H3/t18-,20+/m0/s1. The van der Waals surface area contributed by atoms with Crippen LogP contribution in [0.4, 0.5) is 0 Å². The smallest absolute Gasteiger partial charge is 0.192 e. The summed E-state index contributed by atoms with van der Waals surface area (Å²) in [6, 6.07) is 0. The average molecular weight is 417 g/mol. The summed E-state index contributed by atoms with van der Waals surface area (Å²) in [5.74, 6) is 0.584. The maximum absolute atomic E-state index is 12.3. The van der Waals surface area contributed by atoms with Crippen molar-refractivity contribution in [3.8, 4) is 0 Å². The second kappa shape index (κ2) is 10.2. The first-order valence-electron chi connectivity index (χ1n) is 10.8. The lowest BCUT2D eigenvalue weighted by Crippen LogP contribution is -2.48. The van der Waals surface area contributed by atoms with E-state index in [0.29, 0.717) is 25.2 Å². The molecule has 0 spiro atoms. The molecule has 0 rings (SSSR count). The van der Waals surface area contributed by atoms with Gasteiger partial charge in [-0.1, -0.05) is 61.8 Å². The summed E-state index contributed by atoms with van der Waals surface area (Å²) in [7, 11) is -3.76. The molecule has 0 bridgehead atoms. The summed E-state index contributed by atoms with van der Waals surface area (Å²) < 4.78 is 13.4. The maximum Gasteiger partial charge on any atom is 0.192 e. The van der Waals surface area contributed by atoms with E-state index in [1.165, 1.54) is 0 Å². The van der Waals surface area contributed by atoms with Crippen LogP contribution in [-0.2, 0) is 13.6 Å². The molecule has 2 atom stereocenters. The van der Waals surface area contributed by atoms with Crippen molar-refractivity contribution in [2.75, 3.05) is 6.61 Å². The van der Waals surface area contributed by atoms with E-state index >= 15 is 0 Å². The van der Waals surface area contributed by atoms with Gasteiger partial charge in [0.15, 0.2) is 16.6 Å². The molecule has 27 heavy (non-hydrogen) atoms. The molecular formula is C22H48O3Si2. The van der Waals surface area contributed by atoms with E-state index in [1.54, 1.807) is 0 Å². The zero-order chi connectivity index (χ0) is 21.7. The number of rotatable bonds is 11. The van der Waals surface area contributed by atoms with Crippen molar-refractivity contribution in [2.45, 2.75) is 123 Å². The second-order valence-electron chi connectivity index (χ2n) is 11.1. The molecule has 3 nitrogen and oxygen atoms in total. The lowest BCUT2D eigenvalue weighted by atomic mass is 9.94.